The van der Waals surface area contributed by atoms with E-state index in [-0.39, 0.29) is 17.9 Å². The first kappa shape index (κ1) is 20.2. The molecule has 0 heterocycles. The second-order valence-corrected chi connectivity index (χ2v) is 6.41. The summed E-state index contributed by atoms with van der Waals surface area (Å²) in [4.78, 5) is 24.6. The van der Waals surface area contributed by atoms with Crippen LogP contribution in [0, 0.1) is 5.92 Å². The van der Waals surface area contributed by atoms with E-state index in [0.29, 0.717) is 12.8 Å². The molecule has 1 rings (SSSR count). The number of carbonyl (C=O) groups excluding carboxylic acids is 2. The maximum atomic E-state index is 12.7. The summed E-state index contributed by atoms with van der Waals surface area (Å²) >= 11 is 0. The molecule has 1 aromatic rings. The molecule has 0 saturated heterocycles. The van der Waals surface area contributed by atoms with Crippen LogP contribution in [-0.2, 0) is 20.7 Å². The Bertz CT molecular complexity index is 503. The van der Waals surface area contributed by atoms with Crippen LogP contribution in [-0.4, -0.2) is 37.6 Å². The largest absolute Gasteiger partial charge is 0.467 e. The zero-order valence-electron chi connectivity index (χ0n) is 15.2. The maximum absolute atomic E-state index is 12.7. The Morgan fingerprint density at radius 3 is 2.33 bits per heavy atom. The van der Waals surface area contributed by atoms with Crippen molar-refractivity contribution in [1.29, 1.82) is 0 Å². The SMILES string of the molecule is CCCNC(Cc1ccccc1)C(=O)NC(CC(C)C)C(=O)OC. The van der Waals surface area contributed by atoms with Gasteiger partial charge in [0.2, 0.25) is 5.91 Å². The van der Waals surface area contributed by atoms with Gasteiger partial charge in [-0.1, -0.05) is 51.1 Å². The summed E-state index contributed by atoms with van der Waals surface area (Å²) < 4.78 is 4.82. The molecule has 0 saturated carbocycles. The molecule has 5 heteroatoms. The van der Waals surface area contributed by atoms with Gasteiger partial charge in [0, 0.05) is 0 Å². The van der Waals surface area contributed by atoms with Crippen molar-refractivity contribution in [2.24, 2.45) is 5.92 Å². The van der Waals surface area contributed by atoms with Gasteiger partial charge in [-0.15, -0.1) is 0 Å². The molecule has 1 amide bonds. The van der Waals surface area contributed by atoms with E-state index >= 15 is 0 Å². The van der Waals surface area contributed by atoms with E-state index in [0.717, 1.165) is 18.5 Å². The molecule has 5 nitrogen and oxygen atoms in total. The molecule has 134 valence electrons. The molecular weight excluding hydrogens is 304 g/mol. The van der Waals surface area contributed by atoms with Crippen LogP contribution in [0.1, 0.15) is 39.2 Å². The van der Waals surface area contributed by atoms with Gasteiger partial charge in [-0.25, -0.2) is 4.79 Å². The van der Waals surface area contributed by atoms with E-state index in [2.05, 4.69) is 17.6 Å². The lowest BCUT2D eigenvalue weighted by atomic mass is 10.0. The molecule has 0 aliphatic rings. The lowest BCUT2D eigenvalue weighted by molar-refractivity contribution is -0.145. The highest BCUT2D eigenvalue weighted by Gasteiger charge is 2.26. The minimum absolute atomic E-state index is 0.164. The smallest absolute Gasteiger partial charge is 0.328 e. The predicted octanol–water partition coefficient (Wildman–Crippen LogP) is 2.30. The van der Waals surface area contributed by atoms with E-state index in [9.17, 15) is 9.59 Å². The monoisotopic (exact) mass is 334 g/mol. The summed E-state index contributed by atoms with van der Waals surface area (Å²) in [7, 11) is 1.35. The summed E-state index contributed by atoms with van der Waals surface area (Å²) in [6, 6.07) is 8.89. The quantitative estimate of drug-likeness (QED) is 0.644. The zero-order chi connectivity index (χ0) is 17.9. The van der Waals surface area contributed by atoms with Gasteiger partial charge in [0.05, 0.1) is 13.2 Å². The number of methoxy groups -OCH3 is 1. The van der Waals surface area contributed by atoms with Gasteiger partial charge in [-0.05, 0) is 37.3 Å². The van der Waals surface area contributed by atoms with E-state index < -0.39 is 12.0 Å². The molecule has 2 atom stereocenters. The molecule has 0 fully saturated rings. The first-order chi connectivity index (χ1) is 11.5. The van der Waals surface area contributed by atoms with Crippen LogP contribution in [0.2, 0.25) is 0 Å². The third-order valence-corrected chi connectivity index (χ3v) is 3.75. The topological polar surface area (TPSA) is 67.4 Å². The average molecular weight is 334 g/mol. The second kappa shape index (κ2) is 10.8. The maximum Gasteiger partial charge on any atom is 0.328 e. The number of carbonyl (C=O) groups is 2. The lowest BCUT2D eigenvalue weighted by Gasteiger charge is -2.23. The third kappa shape index (κ3) is 7.13. The first-order valence-corrected chi connectivity index (χ1v) is 8.63. The Labute approximate surface area is 145 Å². The third-order valence-electron chi connectivity index (χ3n) is 3.75. The Morgan fingerprint density at radius 1 is 1.12 bits per heavy atom. The summed E-state index contributed by atoms with van der Waals surface area (Å²) in [6.07, 6.45) is 2.08. The van der Waals surface area contributed by atoms with Crippen LogP contribution in [0.15, 0.2) is 30.3 Å². The fourth-order valence-corrected chi connectivity index (χ4v) is 2.53. The number of esters is 1. The number of hydrogen-bond acceptors (Lipinski definition) is 4. The molecule has 1 aromatic carbocycles. The number of nitrogens with one attached hydrogen (secondary N) is 2. The van der Waals surface area contributed by atoms with Crippen LogP contribution in [0.5, 0.6) is 0 Å². The molecular formula is C19H30N2O3. The summed E-state index contributed by atoms with van der Waals surface area (Å²) in [5.41, 5.74) is 1.08. The molecule has 0 radical (unpaired) electrons. The van der Waals surface area contributed by atoms with Gasteiger partial charge < -0.3 is 15.4 Å². The lowest BCUT2D eigenvalue weighted by Crippen LogP contribution is -2.51. The Kier molecular flexibility index (Phi) is 9.08. The van der Waals surface area contributed by atoms with Crippen molar-refractivity contribution in [2.75, 3.05) is 13.7 Å². The summed E-state index contributed by atoms with van der Waals surface area (Å²) in [5, 5.41) is 6.12. The van der Waals surface area contributed by atoms with Crippen LogP contribution in [0.25, 0.3) is 0 Å². The summed E-state index contributed by atoms with van der Waals surface area (Å²) in [5.74, 6) is -0.278. The molecule has 0 aliphatic heterocycles. The van der Waals surface area contributed by atoms with Crippen molar-refractivity contribution in [2.45, 2.75) is 52.1 Å². The number of benzene rings is 1. The van der Waals surface area contributed by atoms with Crippen molar-refractivity contribution >= 4 is 11.9 Å². The molecule has 0 aromatic heterocycles. The number of amides is 1. The van der Waals surface area contributed by atoms with Gasteiger partial charge in [0.1, 0.15) is 6.04 Å². The highest BCUT2D eigenvalue weighted by Crippen LogP contribution is 2.08. The fourth-order valence-electron chi connectivity index (χ4n) is 2.53. The molecule has 0 aliphatic carbocycles. The minimum atomic E-state index is -0.607. The van der Waals surface area contributed by atoms with Crippen molar-refractivity contribution < 1.29 is 14.3 Å². The van der Waals surface area contributed by atoms with Crippen LogP contribution in [0.3, 0.4) is 0 Å². The van der Waals surface area contributed by atoms with Gasteiger partial charge in [0.25, 0.3) is 0 Å². The van der Waals surface area contributed by atoms with E-state index in [1.54, 1.807) is 0 Å². The number of rotatable bonds is 10. The van der Waals surface area contributed by atoms with Gasteiger partial charge >= 0.3 is 5.97 Å². The highest BCUT2D eigenvalue weighted by molar-refractivity contribution is 5.87. The first-order valence-electron chi connectivity index (χ1n) is 8.63. The van der Waals surface area contributed by atoms with Crippen molar-refractivity contribution in [3.63, 3.8) is 0 Å². The second-order valence-electron chi connectivity index (χ2n) is 6.41. The molecule has 24 heavy (non-hydrogen) atoms. The molecule has 0 bridgehead atoms. The minimum Gasteiger partial charge on any atom is -0.467 e. The Morgan fingerprint density at radius 2 is 1.79 bits per heavy atom. The fraction of sp³-hybridized carbons (Fsp3) is 0.579. The number of ether oxygens (including phenoxy) is 1. The van der Waals surface area contributed by atoms with E-state index in [1.165, 1.54) is 7.11 Å². The Hall–Kier alpha value is -1.88. The van der Waals surface area contributed by atoms with Crippen LogP contribution in [0.4, 0.5) is 0 Å². The van der Waals surface area contributed by atoms with Gasteiger partial charge in [-0.3, -0.25) is 4.79 Å². The number of hydrogen-bond donors (Lipinski definition) is 2. The Balaban J connectivity index is 2.79. The average Bonchev–Trinajstić information content (AvgIpc) is 2.57. The van der Waals surface area contributed by atoms with Crippen LogP contribution < -0.4 is 10.6 Å². The zero-order valence-corrected chi connectivity index (χ0v) is 15.2. The standard InChI is InChI=1S/C19H30N2O3/c1-5-11-20-16(13-15-9-7-6-8-10-15)18(22)21-17(12-14(2)3)19(23)24-4/h6-10,14,16-17,20H,5,11-13H2,1-4H3,(H,21,22). The highest BCUT2D eigenvalue weighted by atomic mass is 16.5. The summed E-state index contributed by atoms with van der Waals surface area (Å²) in [6.45, 7) is 6.83. The van der Waals surface area contributed by atoms with E-state index in [1.807, 2.05) is 44.2 Å². The molecule has 2 N–H and O–H groups in total. The van der Waals surface area contributed by atoms with Crippen LogP contribution >= 0.6 is 0 Å². The van der Waals surface area contributed by atoms with Gasteiger partial charge in [-0.2, -0.15) is 0 Å². The predicted molar refractivity (Wildman–Crippen MR) is 95.6 cm³/mol. The van der Waals surface area contributed by atoms with Crippen molar-refractivity contribution in [1.82, 2.24) is 10.6 Å². The normalized spacial score (nSPS) is 13.4. The van der Waals surface area contributed by atoms with E-state index in [4.69, 9.17) is 4.74 Å². The van der Waals surface area contributed by atoms with Crippen molar-refractivity contribution in [3.05, 3.63) is 35.9 Å². The van der Waals surface area contributed by atoms with Crippen molar-refractivity contribution in [3.8, 4) is 0 Å². The van der Waals surface area contributed by atoms with Gasteiger partial charge in [0.15, 0.2) is 0 Å². The molecule has 2 unspecified atom stereocenters. The molecule has 0 spiro atoms.